The molecule has 3 aromatic rings. The first kappa shape index (κ1) is 20.4. The average Bonchev–Trinajstić information content (AvgIpc) is 2.98. The molecular weight excluding hydrogens is 408 g/mol. The van der Waals surface area contributed by atoms with E-state index >= 15 is 0 Å². The Morgan fingerprint density at radius 2 is 2.07 bits per heavy atom. The average molecular weight is 426 g/mol. The predicted molar refractivity (Wildman–Crippen MR) is 106 cm³/mol. The first-order chi connectivity index (χ1) is 13.4. The van der Waals surface area contributed by atoms with Gasteiger partial charge in [-0.05, 0) is 42.1 Å². The molecule has 1 aromatic heterocycles. The summed E-state index contributed by atoms with van der Waals surface area (Å²) in [6.45, 7) is 0.168. The number of para-hydroxylation sites is 2. The second-order valence-corrected chi connectivity index (χ2v) is 7.45. The van der Waals surface area contributed by atoms with Gasteiger partial charge in [-0.3, -0.25) is 4.79 Å². The molecule has 1 heterocycles. The number of imidazole rings is 1. The Morgan fingerprint density at radius 3 is 2.79 bits per heavy atom. The van der Waals surface area contributed by atoms with E-state index in [1.165, 1.54) is 9.47 Å². The summed E-state index contributed by atoms with van der Waals surface area (Å²) in [5.74, 6) is -2.26. The highest BCUT2D eigenvalue weighted by atomic mass is 35.5. The molecule has 0 radical (unpaired) electrons. The Balaban J connectivity index is 1.83. The summed E-state index contributed by atoms with van der Waals surface area (Å²) in [7, 11) is 3.18. The minimum atomic E-state index is -2.63. The second kappa shape index (κ2) is 8.79. The number of likely N-dealkylation sites (N-methyl/N-ethyl adjacent to an activating group) is 1. The van der Waals surface area contributed by atoms with Crippen LogP contribution in [-0.4, -0.2) is 40.3 Å². The fourth-order valence-electron chi connectivity index (χ4n) is 2.85. The zero-order chi connectivity index (χ0) is 20.3. The summed E-state index contributed by atoms with van der Waals surface area (Å²) < 4.78 is 32.7. The molecule has 0 saturated carbocycles. The van der Waals surface area contributed by atoms with E-state index in [9.17, 15) is 13.6 Å². The number of hydrogen-bond donors (Lipinski definition) is 0. The Kier molecular flexibility index (Phi) is 6.41. The fraction of sp³-hybridized carbons (Fsp3) is 0.263. The molecule has 0 aliphatic rings. The number of thioether (sulfide) groups is 1. The van der Waals surface area contributed by atoms with Crippen molar-refractivity contribution in [1.82, 2.24) is 14.5 Å². The minimum absolute atomic E-state index is 0.102. The number of ether oxygens (including phenoxy) is 1. The van der Waals surface area contributed by atoms with Gasteiger partial charge in [-0.15, -0.1) is 0 Å². The predicted octanol–water partition coefficient (Wildman–Crippen LogP) is 4.67. The van der Waals surface area contributed by atoms with Crippen molar-refractivity contribution >= 4 is 40.3 Å². The fourth-order valence-corrected chi connectivity index (χ4v) is 3.64. The van der Waals surface area contributed by atoms with Crippen LogP contribution in [0.5, 0.6) is 5.75 Å². The van der Waals surface area contributed by atoms with Crippen LogP contribution in [0.2, 0.25) is 5.02 Å². The number of rotatable bonds is 7. The van der Waals surface area contributed by atoms with Crippen LogP contribution < -0.4 is 4.74 Å². The van der Waals surface area contributed by atoms with Gasteiger partial charge in [-0.2, -0.15) is 8.78 Å². The van der Waals surface area contributed by atoms with Crippen LogP contribution in [0.25, 0.3) is 11.0 Å². The zero-order valence-corrected chi connectivity index (χ0v) is 16.8. The molecule has 28 heavy (non-hydrogen) atoms. The molecule has 2 aromatic carbocycles. The maximum Gasteiger partial charge on any atom is 0.291 e. The van der Waals surface area contributed by atoms with Crippen molar-refractivity contribution in [2.75, 3.05) is 14.2 Å². The van der Waals surface area contributed by atoms with Crippen LogP contribution in [0.15, 0.2) is 47.6 Å². The van der Waals surface area contributed by atoms with E-state index in [2.05, 4.69) is 4.98 Å². The van der Waals surface area contributed by atoms with Gasteiger partial charge in [0.2, 0.25) is 5.91 Å². The van der Waals surface area contributed by atoms with Crippen molar-refractivity contribution in [3.05, 3.63) is 53.1 Å². The molecule has 5 nitrogen and oxygen atoms in total. The third-order valence-corrected chi connectivity index (χ3v) is 5.12. The van der Waals surface area contributed by atoms with E-state index in [-0.39, 0.29) is 24.2 Å². The first-order valence-corrected chi connectivity index (χ1v) is 9.61. The normalized spacial score (nSPS) is 11.2. The van der Waals surface area contributed by atoms with E-state index in [1.54, 1.807) is 56.6 Å². The highest BCUT2D eigenvalue weighted by molar-refractivity contribution is 7.99. The number of halogens is 3. The van der Waals surface area contributed by atoms with Gasteiger partial charge in [0.05, 0.1) is 18.1 Å². The lowest BCUT2D eigenvalue weighted by molar-refractivity contribution is -0.131. The standard InChI is InChI=1S/C19H18ClF2N3O2S/c1-24(10-12-9-13(20)7-8-16(12)27-2)17(26)11-25-15-6-4-3-5-14(15)23-19(25)28-18(21)22/h3-9,18H,10-11H2,1-2H3. The molecule has 3 rings (SSSR count). The topological polar surface area (TPSA) is 47.4 Å². The van der Waals surface area contributed by atoms with Crippen molar-refractivity contribution in [3.63, 3.8) is 0 Å². The molecule has 0 spiro atoms. The van der Waals surface area contributed by atoms with E-state index in [0.717, 1.165) is 5.56 Å². The number of amides is 1. The monoisotopic (exact) mass is 425 g/mol. The third kappa shape index (κ3) is 4.56. The molecular formula is C19H18ClF2N3O2S. The van der Waals surface area contributed by atoms with Gasteiger partial charge in [-0.1, -0.05) is 23.7 Å². The Labute approximate surface area is 170 Å². The maximum atomic E-state index is 12.9. The SMILES string of the molecule is COc1ccc(Cl)cc1CN(C)C(=O)Cn1c(SC(F)F)nc2ccccc21. The van der Waals surface area contributed by atoms with E-state index in [0.29, 0.717) is 33.6 Å². The van der Waals surface area contributed by atoms with Crippen LogP contribution in [0.3, 0.4) is 0 Å². The van der Waals surface area contributed by atoms with Crippen LogP contribution in [0.4, 0.5) is 8.78 Å². The lowest BCUT2D eigenvalue weighted by atomic mass is 10.2. The van der Waals surface area contributed by atoms with Gasteiger partial charge in [-0.25, -0.2) is 4.98 Å². The number of carbonyl (C=O) groups excluding carboxylic acids is 1. The summed E-state index contributed by atoms with van der Waals surface area (Å²) in [5.41, 5.74) is 1.95. The van der Waals surface area contributed by atoms with Crippen LogP contribution >= 0.6 is 23.4 Å². The second-order valence-electron chi connectivity index (χ2n) is 6.05. The van der Waals surface area contributed by atoms with Crippen LogP contribution in [0, 0.1) is 0 Å². The molecule has 0 bridgehead atoms. The molecule has 0 aliphatic carbocycles. The highest BCUT2D eigenvalue weighted by Gasteiger charge is 2.20. The Bertz CT molecular complexity index is 996. The van der Waals surface area contributed by atoms with Crippen molar-refractivity contribution in [2.24, 2.45) is 0 Å². The van der Waals surface area contributed by atoms with E-state index in [1.807, 2.05) is 0 Å². The summed E-state index contributed by atoms with van der Waals surface area (Å²) in [6, 6.07) is 12.2. The third-order valence-electron chi connectivity index (χ3n) is 4.18. The smallest absolute Gasteiger partial charge is 0.291 e. The van der Waals surface area contributed by atoms with Crippen molar-refractivity contribution in [3.8, 4) is 5.75 Å². The molecule has 0 aliphatic heterocycles. The van der Waals surface area contributed by atoms with E-state index < -0.39 is 5.76 Å². The number of hydrogen-bond acceptors (Lipinski definition) is 4. The maximum absolute atomic E-state index is 12.9. The largest absolute Gasteiger partial charge is 0.496 e. The van der Waals surface area contributed by atoms with Gasteiger partial charge in [0.1, 0.15) is 12.3 Å². The molecule has 9 heteroatoms. The number of alkyl halides is 2. The number of carbonyl (C=O) groups is 1. The number of nitrogens with zero attached hydrogens (tertiary/aromatic N) is 3. The lowest BCUT2D eigenvalue weighted by Crippen LogP contribution is -2.30. The van der Waals surface area contributed by atoms with E-state index in [4.69, 9.17) is 16.3 Å². The van der Waals surface area contributed by atoms with Crippen molar-refractivity contribution in [2.45, 2.75) is 24.0 Å². The zero-order valence-electron chi connectivity index (χ0n) is 15.2. The number of methoxy groups -OCH3 is 1. The van der Waals surface area contributed by atoms with Gasteiger partial charge >= 0.3 is 0 Å². The summed E-state index contributed by atoms with van der Waals surface area (Å²) in [4.78, 5) is 18.5. The number of fused-ring (bicyclic) bond motifs is 1. The van der Waals surface area contributed by atoms with Gasteiger partial charge in [0, 0.05) is 24.2 Å². The van der Waals surface area contributed by atoms with Gasteiger partial charge in [0.15, 0.2) is 5.16 Å². The summed E-state index contributed by atoms with van der Waals surface area (Å²) >= 11 is 6.37. The molecule has 0 saturated heterocycles. The molecule has 0 unspecified atom stereocenters. The Morgan fingerprint density at radius 1 is 1.32 bits per heavy atom. The lowest BCUT2D eigenvalue weighted by Gasteiger charge is -2.20. The minimum Gasteiger partial charge on any atom is -0.496 e. The van der Waals surface area contributed by atoms with Crippen LogP contribution in [-0.2, 0) is 17.9 Å². The van der Waals surface area contributed by atoms with Crippen molar-refractivity contribution in [1.29, 1.82) is 0 Å². The Hall–Kier alpha value is -2.32. The quantitative estimate of drug-likeness (QED) is 0.516. The number of aromatic nitrogens is 2. The molecule has 1 amide bonds. The number of benzene rings is 2. The van der Waals surface area contributed by atoms with Gasteiger partial charge < -0.3 is 14.2 Å². The van der Waals surface area contributed by atoms with Crippen molar-refractivity contribution < 1.29 is 18.3 Å². The molecule has 0 fully saturated rings. The van der Waals surface area contributed by atoms with Gasteiger partial charge in [0.25, 0.3) is 5.76 Å². The summed E-state index contributed by atoms with van der Waals surface area (Å²) in [6.07, 6.45) is 0. The first-order valence-electron chi connectivity index (χ1n) is 8.35. The molecule has 0 atom stereocenters. The summed E-state index contributed by atoms with van der Waals surface area (Å²) in [5, 5.41) is 0.645. The highest BCUT2D eigenvalue weighted by Crippen LogP contribution is 2.29. The molecule has 0 N–H and O–H groups in total. The van der Waals surface area contributed by atoms with Crippen LogP contribution in [0.1, 0.15) is 5.56 Å². The molecule has 148 valence electrons.